The average Bonchev–Trinajstić information content (AvgIpc) is 2.19. The van der Waals surface area contributed by atoms with Gasteiger partial charge in [0.05, 0.1) is 19.8 Å². The summed E-state index contributed by atoms with van der Waals surface area (Å²) in [6, 6.07) is 0. The van der Waals surface area contributed by atoms with E-state index in [4.69, 9.17) is 9.26 Å². The molecule has 0 bridgehead atoms. The number of nitrogens with zero attached hydrogens (tertiary/aromatic N) is 1. The Morgan fingerprint density at radius 1 is 1.54 bits per heavy atom. The summed E-state index contributed by atoms with van der Waals surface area (Å²) in [4.78, 5) is 0. The largest absolute Gasteiger partial charge is 0.379 e. The molecule has 6 heteroatoms. The highest BCUT2D eigenvalue weighted by Gasteiger charge is 2.31. The Morgan fingerprint density at radius 2 is 2.15 bits per heavy atom. The predicted molar refractivity (Wildman–Crippen MR) is 55.1 cm³/mol. The van der Waals surface area contributed by atoms with Crippen molar-refractivity contribution in [2.75, 3.05) is 39.2 Å². The van der Waals surface area contributed by atoms with Gasteiger partial charge in [0.15, 0.2) is 0 Å². The van der Waals surface area contributed by atoms with Gasteiger partial charge in [0.25, 0.3) is 0 Å². The van der Waals surface area contributed by atoms with Gasteiger partial charge in [-0.05, 0) is 13.2 Å². The Morgan fingerprint density at radius 3 is 2.62 bits per heavy atom. The fourth-order valence-electron chi connectivity index (χ4n) is 1.21. The van der Waals surface area contributed by atoms with Crippen molar-refractivity contribution in [2.24, 2.45) is 0 Å². The first-order valence-corrected chi connectivity index (χ1v) is 7.77. The molecule has 1 rings (SSSR count). The molecular formula is C7H16NO3PS. The molecule has 0 radical (unpaired) electrons. The van der Waals surface area contributed by atoms with E-state index in [0.29, 0.717) is 32.9 Å². The van der Waals surface area contributed by atoms with E-state index in [0.717, 1.165) is 0 Å². The summed E-state index contributed by atoms with van der Waals surface area (Å²) < 4.78 is 24.5. The van der Waals surface area contributed by atoms with Gasteiger partial charge in [0.1, 0.15) is 0 Å². The van der Waals surface area contributed by atoms with Crippen molar-refractivity contribution in [3.8, 4) is 0 Å². The maximum absolute atomic E-state index is 12.1. The molecule has 0 spiro atoms. The fourth-order valence-corrected chi connectivity index (χ4v) is 4.51. The summed E-state index contributed by atoms with van der Waals surface area (Å²) in [7, 11) is 0. The fraction of sp³-hybridized carbons (Fsp3) is 1.00. The predicted octanol–water partition coefficient (Wildman–Crippen LogP) is 1.83. The van der Waals surface area contributed by atoms with Crippen LogP contribution in [0.5, 0.6) is 0 Å². The van der Waals surface area contributed by atoms with Crippen LogP contribution in [-0.4, -0.2) is 43.8 Å². The van der Waals surface area contributed by atoms with E-state index >= 15 is 0 Å². The lowest BCUT2D eigenvalue weighted by Gasteiger charge is -2.31. The molecule has 0 aromatic rings. The Bertz CT molecular complexity index is 196. The van der Waals surface area contributed by atoms with Crippen molar-refractivity contribution < 1.29 is 13.8 Å². The van der Waals surface area contributed by atoms with Crippen molar-refractivity contribution in [1.29, 1.82) is 0 Å². The molecule has 1 aliphatic rings. The first kappa shape index (κ1) is 11.5. The van der Waals surface area contributed by atoms with Gasteiger partial charge < -0.3 is 9.26 Å². The smallest absolute Gasteiger partial charge is 0.329 e. The molecule has 1 saturated heterocycles. The molecule has 4 nitrogen and oxygen atoms in total. The normalized spacial score (nSPS) is 24.2. The first-order valence-electron chi connectivity index (χ1n) is 4.36. The summed E-state index contributed by atoms with van der Waals surface area (Å²) in [5.74, 6) is 0. The highest BCUT2D eigenvalue weighted by atomic mass is 32.7. The van der Waals surface area contributed by atoms with E-state index < -0.39 is 6.72 Å². The standard InChI is InChI=1S/C7H16NO3PS/c1-3-11-12(9,13-2)8-4-6-10-7-5-8/h3-7H2,1-2H3. The second kappa shape index (κ2) is 5.37. The molecule has 13 heavy (non-hydrogen) atoms. The molecule has 0 aromatic carbocycles. The van der Waals surface area contributed by atoms with E-state index in [1.54, 1.807) is 0 Å². The average molecular weight is 225 g/mol. The van der Waals surface area contributed by atoms with Crippen LogP contribution in [0.25, 0.3) is 0 Å². The van der Waals surface area contributed by atoms with Gasteiger partial charge in [-0.3, -0.25) is 4.57 Å². The second-order valence-corrected chi connectivity index (χ2v) is 7.24. The number of hydrogen-bond donors (Lipinski definition) is 0. The van der Waals surface area contributed by atoms with Gasteiger partial charge in [-0.25, -0.2) is 4.67 Å². The topological polar surface area (TPSA) is 38.8 Å². The van der Waals surface area contributed by atoms with Crippen LogP contribution in [0.2, 0.25) is 0 Å². The molecule has 0 amide bonds. The van der Waals surface area contributed by atoms with E-state index in [1.165, 1.54) is 11.4 Å². The zero-order valence-corrected chi connectivity index (χ0v) is 9.77. The lowest BCUT2D eigenvalue weighted by molar-refractivity contribution is 0.0671. The van der Waals surface area contributed by atoms with Crippen LogP contribution < -0.4 is 0 Å². The summed E-state index contributed by atoms with van der Waals surface area (Å²) in [6.45, 7) is 2.47. The highest BCUT2D eigenvalue weighted by molar-refractivity contribution is 8.55. The number of ether oxygens (including phenoxy) is 1. The maximum atomic E-state index is 12.1. The molecule has 1 fully saturated rings. The molecule has 1 heterocycles. The van der Waals surface area contributed by atoms with Crippen molar-refractivity contribution in [2.45, 2.75) is 6.92 Å². The minimum Gasteiger partial charge on any atom is -0.379 e. The van der Waals surface area contributed by atoms with E-state index in [-0.39, 0.29) is 0 Å². The van der Waals surface area contributed by atoms with Gasteiger partial charge >= 0.3 is 6.72 Å². The van der Waals surface area contributed by atoms with Gasteiger partial charge in [-0.1, -0.05) is 11.4 Å². The summed E-state index contributed by atoms with van der Waals surface area (Å²) in [6.07, 6.45) is 1.83. The van der Waals surface area contributed by atoms with Crippen LogP contribution in [0.15, 0.2) is 0 Å². The van der Waals surface area contributed by atoms with Crippen LogP contribution in [-0.2, 0) is 13.8 Å². The lowest BCUT2D eigenvalue weighted by Crippen LogP contribution is -2.33. The van der Waals surface area contributed by atoms with Crippen LogP contribution in [0.4, 0.5) is 0 Å². The van der Waals surface area contributed by atoms with Gasteiger partial charge in [-0.2, -0.15) is 0 Å². The Labute approximate surface area is 83.2 Å². The van der Waals surface area contributed by atoms with Crippen molar-refractivity contribution >= 4 is 18.1 Å². The number of hydrogen-bond acceptors (Lipinski definition) is 4. The third-order valence-corrected chi connectivity index (χ3v) is 6.39. The molecule has 1 atom stereocenters. The monoisotopic (exact) mass is 225 g/mol. The van der Waals surface area contributed by atoms with Crippen molar-refractivity contribution in [1.82, 2.24) is 4.67 Å². The minimum atomic E-state index is -2.61. The number of rotatable bonds is 4. The summed E-state index contributed by atoms with van der Waals surface area (Å²) in [5, 5.41) is 0. The zero-order valence-electron chi connectivity index (χ0n) is 8.06. The van der Waals surface area contributed by atoms with Gasteiger partial charge in [0, 0.05) is 13.1 Å². The molecule has 0 aliphatic carbocycles. The molecule has 1 aliphatic heterocycles. The van der Waals surface area contributed by atoms with E-state index in [2.05, 4.69) is 0 Å². The minimum absolute atomic E-state index is 0.496. The van der Waals surface area contributed by atoms with E-state index in [9.17, 15) is 4.57 Å². The van der Waals surface area contributed by atoms with Crippen LogP contribution in [0.3, 0.4) is 0 Å². The zero-order chi connectivity index (χ0) is 9.73. The quantitative estimate of drug-likeness (QED) is 0.682. The van der Waals surface area contributed by atoms with Gasteiger partial charge in [-0.15, -0.1) is 0 Å². The third kappa shape index (κ3) is 2.96. The Kier molecular flexibility index (Phi) is 4.76. The van der Waals surface area contributed by atoms with Crippen molar-refractivity contribution in [3.05, 3.63) is 0 Å². The van der Waals surface area contributed by atoms with Crippen LogP contribution >= 0.6 is 18.1 Å². The highest BCUT2D eigenvalue weighted by Crippen LogP contribution is 2.61. The maximum Gasteiger partial charge on any atom is 0.329 e. The Hall–Kier alpha value is 0.460. The molecule has 0 aromatic heterocycles. The van der Waals surface area contributed by atoms with Gasteiger partial charge in [0.2, 0.25) is 0 Å². The summed E-state index contributed by atoms with van der Waals surface area (Å²) in [5.41, 5.74) is 0. The molecule has 78 valence electrons. The lowest BCUT2D eigenvalue weighted by atomic mass is 10.5. The molecule has 1 unspecified atom stereocenters. The molecule has 0 saturated carbocycles. The van der Waals surface area contributed by atoms with Crippen LogP contribution in [0.1, 0.15) is 6.92 Å². The Balaban J connectivity index is 2.57. The molecular weight excluding hydrogens is 209 g/mol. The summed E-state index contributed by atoms with van der Waals surface area (Å²) >= 11 is 1.31. The van der Waals surface area contributed by atoms with Crippen LogP contribution in [0, 0.1) is 0 Å². The third-order valence-electron chi connectivity index (χ3n) is 1.86. The van der Waals surface area contributed by atoms with E-state index in [1.807, 2.05) is 17.8 Å². The number of morpholine rings is 1. The second-order valence-electron chi connectivity index (χ2n) is 2.63. The molecule has 0 N–H and O–H groups in total. The SMILES string of the molecule is CCOP(=O)(SC)N1CCOCC1. The first-order chi connectivity index (χ1) is 6.23. The van der Waals surface area contributed by atoms with Crippen molar-refractivity contribution in [3.63, 3.8) is 0 Å².